The van der Waals surface area contributed by atoms with Crippen LogP contribution in [-0.4, -0.2) is 50.2 Å². The number of aromatic nitrogens is 4. The lowest BCUT2D eigenvalue weighted by molar-refractivity contribution is -0.136. The second kappa shape index (κ2) is 9.07. The van der Waals surface area contributed by atoms with Crippen LogP contribution in [0.5, 0.6) is 0 Å². The van der Waals surface area contributed by atoms with Crippen molar-refractivity contribution >= 4 is 11.7 Å². The van der Waals surface area contributed by atoms with Gasteiger partial charge in [-0.05, 0) is 44.4 Å². The predicted octanol–water partition coefficient (Wildman–Crippen LogP) is 3.24. The molecule has 1 atom stereocenters. The smallest absolute Gasteiger partial charge is 0.227 e. The van der Waals surface area contributed by atoms with Crippen molar-refractivity contribution in [3.05, 3.63) is 66.2 Å². The fourth-order valence-corrected chi connectivity index (χ4v) is 4.03. The molecule has 1 aliphatic rings. The fourth-order valence-electron chi connectivity index (χ4n) is 4.03. The number of hydrogen-bond acceptors (Lipinski definition) is 5. The summed E-state index contributed by atoms with van der Waals surface area (Å²) in [7, 11) is 0. The van der Waals surface area contributed by atoms with Gasteiger partial charge in [-0.25, -0.2) is 4.98 Å². The molecule has 1 fully saturated rings. The number of imidazole rings is 1. The van der Waals surface area contributed by atoms with E-state index in [1.807, 2.05) is 59.8 Å². The first-order chi connectivity index (χ1) is 14.7. The molecule has 1 amide bonds. The van der Waals surface area contributed by atoms with Gasteiger partial charge in [0.2, 0.25) is 5.91 Å². The number of carbonyl (C=O) groups is 1. The zero-order chi connectivity index (χ0) is 20.9. The molecule has 0 N–H and O–H groups in total. The molecule has 2 aromatic heterocycles. The third-order valence-electron chi connectivity index (χ3n) is 5.71. The largest absolute Gasteiger partial charge is 0.354 e. The zero-order valence-electron chi connectivity index (χ0n) is 17.6. The number of hydrogen-bond donors (Lipinski definition) is 0. The van der Waals surface area contributed by atoms with Crippen molar-refractivity contribution in [1.82, 2.24) is 24.6 Å². The van der Waals surface area contributed by atoms with Gasteiger partial charge in [0, 0.05) is 38.6 Å². The van der Waals surface area contributed by atoms with Gasteiger partial charge in [-0.2, -0.15) is 0 Å². The summed E-state index contributed by atoms with van der Waals surface area (Å²) in [5.41, 5.74) is 1.16. The first-order valence-corrected chi connectivity index (χ1v) is 10.6. The number of carbonyl (C=O) groups excluding carboxylic acids is 1. The van der Waals surface area contributed by atoms with Crippen LogP contribution in [0.4, 0.5) is 5.82 Å². The molecular weight excluding hydrogens is 376 g/mol. The van der Waals surface area contributed by atoms with Crippen LogP contribution in [-0.2, 0) is 11.3 Å². The van der Waals surface area contributed by atoms with E-state index in [1.54, 1.807) is 6.20 Å². The average Bonchev–Trinajstić information content (AvgIpc) is 3.23. The minimum atomic E-state index is -0.0141. The summed E-state index contributed by atoms with van der Waals surface area (Å²) < 4.78 is 1.90. The highest BCUT2D eigenvalue weighted by atomic mass is 16.2. The second-order valence-corrected chi connectivity index (χ2v) is 7.72. The van der Waals surface area contributed by atoms with E-state index in [0.717, 1.165) is 42.4 Å². The quantitative estimate of drug-likeness (QED) is 0.631. The number of benzene rings is 1. The van der Waals surface area contributed by atoms with E-state index < -0.39 is 0 Å². The molecule has 1 aromatic carbocycles. The van der Waals surface area contributed by atoms with Crippen molar-refractivity contribution in [2.45, 2.75) is 33.2 Å². The van der Waals surface area contributed by atoms with Gasteiger partial charge in [0.05, 0.1) is 5.92 Å². The van der Waals surface area contributed by atoms with Crippen molar-refractivity contribution in [3.8, 4) is 5.82 Å². The molecule has 0 spiro atoms. The van der Waals surface area contributed by atoms with E-state index >= 15 is 0 Å². The Morgan fingerprint density at radius 3 is 2.57 bits per heavy atom. The summed E-state index contributed by atoms with van der Waals surface area (Å²) in [5.74, 6) is 2.65. The summed E-state index contributed by atoms with van der Waals surface area (Å²) in [5, 5.41) is 8.80. The topological polar surface area (TPSA) is 67.2 Å². The maximum absolute atomic E-state index is 13.2. The number of aryl methyl sites for hydroxylation is 1. The van der Waals surface area contributed by atoms with Crippen LogP contribution >= 0.6 is 0 Å². The number of anilines is 1. The molecule has 0 aliphatic carbocycles. The summed E-state index contributed by atoms with van der Waals surface area (Å²) in [6.45, 7) is 6.93. The van der Waals surface area contributed by atoms with E-state index in [4.69, 9.17) is 0 Å². The van der Waals surface area contributed by atoms with Crippen molar-refractivity contribution in [2.24, 2.45) is 5.92 Å². The predicted molar refractivity (Wildman–Crippen MR) is 116 cm³/mol. The molecule has 7 nitrogen and oxygen atoms in total. The molecule has 7 heteroatoms. The fraction of sp³-hybridized carbons (Fsp3) is 0.391. The zero-order valence-corrected chi connectivity index (χ0v) is 17.6. The summed E-state index contributed by atoms with van der Waals surface area (Å²) >= 11 is 0. The van der Waals surface area contributed by atoms with Crippen LogP contribution in [0.25, 0.3) is 5.82 Å². The van der Waals surface area contributed by atoms with Gasteiger partial charge >= 0.3 is 0 Å². The Labute approximate surface area is 177 Å². The van der Waals surface area contributed by atoms with Crippen LogP contribution in [0.2, 0.25) is 0 Å². The third kappa shape index (κ3) is 4.35. The first-order valence-electron chi connectivity index (χ1n) is 10.6. The van der Waals surface area contributed by atoms with Crippen LogP contribution in [0.3, 0.4) is 0 Å². The Bertz CT molecular complexity index is 969. The van der Waals surface area contributed by atoms with Crippen molar-refractivity contribution in [1.29, 1.82) is 0 Å². The molecule has 1 aliphatic heterocycles. The third-order valence-corrected chi connectivity index (χ3v) is 5.71. The summed E-state index contributed by atoms with van der Waals surface area (Å²) in [4.78, 5) is 21.6. The van der Waals surface area contributed by atoms with Crippen LogP contribution in [0.15, 0.2) is 54.9 Å². The molecule has 30 heavy (non-hydrogen) atoms. The Morgan fingerprint density at radius 2 is 1.90 bits per heavy atom. The maximum Gasteiger partial charge on any atom is 0.227 e. The monoisotopic (exact) mass is 404 g/mol. The van der Waals surface area contributed by atoms with Crippen molar-refractivity contribution in [3.63, 3.8) is 0 Å². The van der Waals surface area contributed by atoms with Gasteiger partial charge in [0.25, 0.3) is 0 Å². The average molecular weight is 405 g/mol. The lowest BCUT2D eigenvalue weighted by Gasteiger charge is -2.35. The minimum absolute atomic E-state index is 0.0141. The lowest BCUT2D eigenvalue weighted by Crippen LogP contribution is -2.45. The molecule has 1 unspecified atom stereocenters. The standard InChI is InChI=1S/C23H28N6O/c1-3-27(16-19-8-5-4-6-9-19)23(30)20-10-7-14-28(17-20)21-11-12-22(26-25-21)29-15-13-24-18(29)2/h4-6,8-9,11-13,15,20H,3,7,10,14,16-17H2,1-2H3. The van der Waals surface area contributed by atoms with Gasteiger partial charge in [0.1, 0.15) is 5.82 Å². The van der Waals surface area contributed by atoms with Gasteiger partial charge < -0.3 is 9.80 Å². The number of rotatable bonds is 6. The lowest BCUT2D eigenvalue weighted by atomic mass is 9.96. The van der Waals surface area contributed by atoms with Gasteiger partial charge in [-0.15, -0.1) is 10.2 Å². The Balaban J connectivity index is 1.43. The molecule has 4 rings (SSSR count). The SMILES string of the molecule is CCN(Cc1ccccc1)C(=O)C1CCCN(c2ccc(-n3ccnc3C)nn2)C1. The Kier molecular flexibility index (Phi) is 6.07. The minimum Gasteiger partial charge on any atom is -0.354 e. The van der Waals surface area contributed by atoms with Crippen molar-refractivity contribution < 1.29 is 4.79 Å². The highest BCUT2D eigenvalue weighted by Gasteiger charge is 2.29. The Morgan fingerprint density at radius 1 is 1.13 bits per heavy atom. The molecule has 0 radical (unpaired) electrons. The Hall–Kier alpha value is -3.22. The van der Waals surface area contributed by atoms with Crippen LogP contribution in [0, 0.1) is 12.8 Å². The van der Waals surface area contributed by atoms with Gasteiger partial charge in [0.15, 0.2) is 11.6 Å². The van der Waals surface area contributed by atoms with E-state index in [9.17, 15) is 4.79 Å². The van der Waals surface area contributed by atoms with E-state index in [1.165, 1.54) is 0 Å². The molecule has 1 saturated heterocycles. The maximum atomic E-state index is 13.2. The number of piperidine rings is 1. The molecule has 3 heterocycles. The van der Waals surface area contributed by atoms with Gasteiger partial charge in [-0.3, -0.25) is 9.36 Å². The second-order valence-electron chi connectivity index (χ2n) is 7.72. The first kappa shape index (κ1) is 20.1. The van der Waals surface area contributed by atoms with Crippen LogP contribution in [0.1, 0.15) is 31.2 Å². The molecular formula is C23H28N6O. The van der Waals surface area contributed by atoms with E-state index in [2.05, 4.69) is 32.2 Å². The highest BCUT2D eigenvalue weighted by molar-refractivity contribution is 5.79. The van der Waals surface area contributed by atoms with E-state index in [-0.39, 0.29) is 11.8 Å². The number of amides is 1. The molecule has 0 saturated carbocycles. The van der Waals surface area contributed by atoms with Crippen LogP contribution < -0.4 is 4.90 Å². The van der Waals surface area contributed by atoms with E-state index in [0.29, 0.717) is 19.6 Å². The molecule has 156 valence electrons. The molecule has 0 bridgehead atoms. The van der Waals surface area contributed by atoms with Gasteiger partial charge in [-0.1, -0.05) is 30.3 Å². The summed E-state index contributed by atoms with van der Waals surface area (Å²) in [6, 6.07) is 14.1. The summed E-state index contributed by atoms with van der Waals surface area (Å²) in [6.07, 6.45) is 5.52. The molecule has 3 aromatic rings. The van der Waals surface area contributed by atoms with Crippen molar-refractivity contribution in [2.75, 3.05) is 24.5 Å². The normalized spacial score (nSPS) is 16.5. The number of nitrogens with zero attached hydrogens (tertiary/aromatic N) is 6. The highest BCUT2D eigenvalue weighted by Crippen LogP contribution is 2.24.